The normalized spacial score (nSPS) is 14.8. The van der Waals surface area contributed by atoms with E-state index in [1.807, 2.05) is 42.5 Å². The molecule has 2 N–H and O–H groups in total. The number of hydrogen-bond acceptors (Lipinski definition) is 4. The number of ether oxygens (including phenoxy) is 1. The van der Waals surface area contributed by atoms with Crippen LogP contribution in [-0.2, 0) is 9.53 Å². The Labute approximate surface area is 184 Å². The molecular weight excluding hydrogens is 386 g/mol. The van der Waals surface area contributed by atoms with Gasteiger partial charge in [-0.15, -0.1) is 0 Å². The smallest absolute Gasteiger partial charge is 0.238 e. The molecule has 1 unspecified atom stereocenters. The van der Waals surface area contributed by atoms with Gasteiger partial charge < -0.3 is 20.3 Å². The van der Waals surface area contributed by atoms with Crippen molar-refractivity contribution in [3.05, 3.63) is 84.4 Å². The summed E-state index contributed by atoms with van der Waals surface area (Å²) in [6, 6.07) is 26.9. The summed E-state index contributed by atoms with van der Waals surface area (Å²) in [5.74, 6) is -0.0492. The lowest BCUT2D eigenvalue weighted by Crippen LogP contribution is -2.36. The fraction of sp³-hybridized carbons (Fsp3) is 0.269. The Morgan fingerprint density at radius 2 is 1.55 bits per heavy atom. The molecule has 1 aliphatic heterocycles. The van der Waals surface area contributed by atoms with Crippen LogP contribution in [0.5, 0.6) is 0 Å². The predicted molar refractivity (Wildman–Crippen MR) is 126 cm³/mol. The van der Waals surface area contributed by atoms with Crippen molar-refractivity contribution in [3.8, 4) is 11.1 Å². The van der Waals surface area contributed by atoms with Gasteiger partial charge in [-0.2, -0.15) is 0 Å². The van der Waals surface area contributed by atoms with Crippen molar-refractivity contribution < 1.29 is 9.53 Å². The summed E-state index contributed by atoms with van der Waals surface area (Å²) in [6.07, 6.45) is 0. The standard InChI is InChI=1S/C26H29N3O2/c1-20(21-7-9-23(10-8-21)22-5-3-2-4-6-22)27-19-26(30)28-24-11-13-25(14-12-24)29-15-17-31-18-16-29/h2-14,20,27H,15-19H2,1H3,(H,28,30). The number of carbonyl (C=O) groups excluding carboxylic acids is 1. The van der Waals surface area contributed by atoms with Crippen LogP contribution in [0.4, 0.5) is 11.4 Å². The number of rotatable bonds is 7. The van der Waals surface area contributed by atoms with Gasteiger partial charge in [-0.3, -0.25) is 4.79 Å². The number of nitrogens with one attached hydrogen (secondary N) is 2. The molecule has 0 radical (unpaired) electrons. The second-order valence-electron chi connectivity index (χ2n) is 7.79. The molecule has 160 valence electrons. The van der Waals surface area contributed by atoms with E-state index < -0.39 is 0 Å². The third kappa shape index (κ3) is 5.72. The molecule has 0 aromatic heterocycles. The molecule has 0 spiro atoms. The number of carbonyl (C=O) groups is 1. The molecular formula is C26H29N3O2. The van der Waals surface area contributed by atoms with Crippen LogP contribution in [0.1, 0.15) is 18.5 Å². The largest absolute Gasteiger partial charge is 0.378 e. The van der Waals surface area contributed by atoms with Crippen molar-refractivity contribution in [3.63, 3.8) is 0 Å². The molecule has 0 bridgehead atoms. The Hall–Kier alpha value is -3.15. The summed E-state index contributed by atoms with van der Waals surface area (Å²) in [6.45, 7) is 5.66. The van der Waals surface area contributed by atoms with Crippen LogP contribution < -0.4 is 15.5 Å². The summed E-state index contributed by atoms with van der Waals surface area (Å²) < 4.78 is 5.40. The van der Waals surface area contributed by atoms with Crippen molar-refractivity contribution >= 4 is 17.3 Å². The van der Waals surface area contributed by atoms with Gasteiger partial charge in [0.2, 0.25) is 5.91 Å². The van der Waals surface area contributed by atoms with Crippen LogP contribution in [0, 0.1) is 0 Å². The molecule has 3 aromatic rings. The van der Waals surface area contributed by atoms with Gasteiger partial charge in [0.05, 0.1) is 19.8 Å². The fourth-order valence-corrected chi connectivity index (χ4v) is 3.74. The van der Waals surface area contributed by atoms with Gasteiger partial charge in [-0.25, -0.2) is 0 Å². The highest BCUT2D eigenvalue weighted by Gasteiger charge is 2.12. The van der Waals surface area contributed by atoms with Gasteiger partial charge in [-0.1, -0.05) is 54.6 Å². The highest BCUT2D eigenvalue weighted by atomic mass is 16.5. The Balaban J connectivity index is 1.26. The zero-order valence-electron chi connectivity index (χ0n) is 17.9. The van der Waals surface area contributed by atoms with Gasteiger partial charge in [0.15, 0.2) is 0 Å². The molecule has 4 rings (SSSR count). The summed E-state index contributed by atoms with van der Waals surface area (Å²) in [5, 5.41) is 6.27. The molecule has 0 saturated carbocycles. The summed E-state index contributed by atoms with van der Waals surface area (Å²) in [5.41, 5.74) is 5.52. The molecule has 5 heteroatoms. The zero-order chi connectivity index (χ0) is 21.5. The van der Waals surface area contributed by atoms with E-state index in [-0.39, 0.29) is 18.5 Å². The number of benzene rings is 3. The first-order valence-electron chi connectivity index (χ1n) is 10.8. The maximum absolute atomic E-state index is 12.4. The van der Waals surface area contributed by atoms with Gasteiger partial charge >= 0.3 is 0 Å². The second-order valence-corrected chi connectivity index (χ2v) is 7.79. The highest BCUT2D eigenvalue weighted by molar-refractivity contribution is 5.92. The van der Waals surface area contributed by atoms with Crippen molar-refractivity contribution in [2.75, 3.05) is 43.1 Å². The van der Waals surface area contributed by atoms with Gasteiger partial charge in [0.1, 0.15) is 0 Å². The molecule has 5 nitrogen and oxygen atoms in total. The van der Waals surface area contributed by atoms with E-state index in [1.165, 1.54) is 11.1 Å². The summed E-state index contributed by atoms with van der Waals surface area (Å²) in [4.78, 5) is 14.7. The van der Waals surface area contributed by atoms with Crippen LogP contribution >= 0.6 is 0 Å². The number of hydrogen-bond donors (Lipinski definition) is 2. The number of morpholine rings is 1. The average Bonchev–Trinajstić information content (AvgIpc) is 2.84. The molecule has 31 heavy (non-hydrogen) atoms. The SMILES string of the molecule is CC(NCC(=O)Nc1ccc(N2CCOCC2)cc1)c1ccc(-c2ccccc2)cc1. The van der Waals surface area contributed by atoms with E-state index in [9.17, 15) is 4.79 Å². The molecule has 3 aromatic carbocycles. The lowest BCUT2D eigenvalue weighted by Gasteiger charge is -2.28. The number of anilines is 2. The maximum Gasteiger partial charge on any atom is 0.238 e. The monoisotopic (exact) mass is 415 g/mol. The Kier molecular flexibility index (Phi) is 6.97. The van der Waals surface area contributed by atoms with Crippen LogP contribution in [0.3, 0.4) is 0 Å². The molecule has 1 aliphatic rings. The summed E-state index contributed by atoms with van der Waals surface area (Å²) >= 11 is 0. The van der Waals surface area contributed by atoms with E-state index in [4.69, 9.17) is 4.74 Å². The second kappa shape index (κ2) is 10.2. The van der Waals surface area contributed by atoms with E-state index in [1.54, 1.807) is 0 Å². The Morgan fingerprint density at radius 1 is 0.903 bits per heavy atom. The minimum absolute atomic E-state index is 0.0492. The molecule has 1 amide bonds. The average molecular weight is 416 g/mol. The van der Waals surface area contributed by atoms with Gasteiger partial charge in [0, 0.05) is 30.5 Å². The molecule has 0 aliphatic carbocycles. The minimum atomic E-state index is -0.0492. The molecule has 1 fully saturated rings. The minimum Gasteiger partial charge on any atom is -0.378 e. The third-order valence-corrected chi connectivity index (χ3v) is 5.61. The summed E-state index contributed by atoms with van der Waals surface area (Å²) in [7, 11) is 0. The Bertz CT molecular complexity index is 966. The highest BCUT2D eigenvalue weighted by Crippen LogP contribution is 2.22. The first kappa shape index (κ1) is 21.1. The van der Waals surface area contributed by atoms with Crippen LogP contribution in [0.2, 0.25) is 0 Å². The number of amides is 1. The van der Waals surface area contributed by atoms with Crippen molar-refractivity contribution in [2.24, 2.45) is 0 Å². The van der Waals surface area contributed by atoms with E-state index >= 15 is 0 Å². The molecule has 1 heterocycles. The van der Waals surface area contributed by atoms with E-state index in [0.29, 0.717) is 0 Å². The van der Waals surface area contributed by atoms with Crippen molar-refractivity contribution in [1.29, 1.82) is 0 Å². The maximum atomic E-state index is 12.4. The fourth-order valence-electron chi connectivity index (χ4n) is 3.74. The predicted octanol–water partition coefficient (Wildman–Crippen LogP) is 4.48. The van der Waals surface area contributed by atoms with Gasteiger partial charge in [-0.05, 0) is 47.9 Å². The van der Waals surface area contributed by atoms with Crippen LogP contribution in [-0.4, -0.2) is 38.8 Å². The van der Waals surface area contributed by atoms with Crippen LogP contribution in [0.15, 0.2) is 78.9 Å². The lowest BCUT2D eigenvalue weighted by molar-refractivity contribution is -0.115. The lowest BCUT2D eigenvalue weighted by atomic mass is 10.0. The van der Waals surface area contributed by atoms with Crippen LogP contribution in [0.25, 0.3) is 11.1 Å². The molecule has 1 saturated heterocycles. The first-order valence-corrected chi connectivity index (χ1v) is 10.8. The molecule has 1 atom stereocenters. The quantitative estimate of drug-likeness (QED) is 0.597. The van der Waals surface area contributed by atoms with Gasteiger partial charge in [0.25, 0.3) is 0 Å². The third-order valence-electron chi connectivity index (χ3n) is 5.61. The Morgan fingerprint density at radius 3 is 2.23 bits per heavy atom. The van der Waals surface area contributed by atoms with Crippen molar-refractivity contribution in [2.45, 2.75) is 13.0 Å². The zero-order valence-corrected chi connectivity index (χ0v) is 17.9. The van der Waals surface area contributed by atoms with E-state index in [2.05, 4.69) is 58.9 Å². The van der Waals surface area contributed by atoms with Crippen molar-refractivity contribution in [1.82, 2.24) is 5.32 Å². The topological polar surface area (TPSA) is 53.6 Å². The first-order chi connectivity index (χ1) is 15.2. The van der Waals surface area contributed by atoms with E-state index in [0.717, 1.165) is 43.2 Å². The number of nitrogens with zero attached hydrogens (tertiary/aromatic N) is 1.